The van der Waals surface area contributed by atoms with Crippen LogP contribution in [0, 0.1) is 6.92 Å². The molecule has 2 heterocycles. The molecule has 3 aromatic rings. The maximum atomic E-state index is 6.34. The summed E-state index contributed by atoms with van der Waals surface area (Å²) in [5.74, 6) is 0. The van der Waals surface area contributed by atoms with E-state index in [0.29, 0.717) is 0 Å². The minimum Gasteiger partial charge on any atom is -0.324 e. The van der Waals surface area contributed by atoms with Gasteiger partial charge >= 0.3 is 0 Å². The highest BCUT2D eigenvalue weighted by Crippen LogP contribution is 2.29. The van der Waals surface area contributed by atoms with Gasteiger partial charge in [0.25, 0.3) is 0 Å². The van der Waals surface area contributed by atoms with Gasteiger partial charge in [0.2, 0.25) is 0 Å². The van der Waals surface area contributed by atoms with Crippen molar-refractivity contribution in [3.05, 3.63) is 64.8 Å². The Morgan fingerprint density at radius 3 is 2.89 bits per heavy atom. The summed E-state index contributed by atoms with van der Waals surface area (Å²) >= 11 is 1.78. The number of hydrogen-bond donors (Lipinski definition) is 1. The van der Waals surface area contributed by atoms with Crippen LogP contribution in [0.4, 0.5) is 0 Å². The zero-order valence-corrected chi connectivity index (χ0v) is 11.7. The van der Waals surface area contributed by atoms with Gasteiger partial charge in [0.05, 0.1) is 0 Å². The predicted octanol–water partition coefficient (Wildman–Crippen LogP) is 3.85. The van der Waals surface area contributed by atoms with Crippen LogP contribution in [0.15, 0.2) is 48.0 Å². The second-order valence-corrected chi connectivity index (χ2v) is 5.66. The number of aromatic nitrogens is 1. The Morgan fingerprint density at radius 2 is 2.05 bits per heavy atom. The first-order valence-electron chi connectivity index (χ1n) is 6.38. The fraction of sp³-hybridized carbons (Fsp3) is 0.188. The maximum absolute atomic E-state index is 6.34. The number of benzene rings is 1. The molecule has 0 fully saturated rings. The first-order chi connectivity index (χ1) is 9.25. The molecule has 1 unspecified atom stereocenters. The first kappa shape index (κ1) is 12.3. The molecular weight excluding hydrogens is 252 g/mol. The van der Waals surface area contributed by atoms with Gasteiger partial charge in [-0.15, -0.1) is 11.3 Å². The maximum Gasteiger partial charge on any atom is 0.0420 e. The van der Waals surface area contributed by atoms with Gasteiger partial charge in [-0.1, -0.05) is 24.3 Å². The van der Waals surface area contributed by atoms with Crippen LogP contribution in [0.25, 0.3) is 10.1 Å². The third-order valence-corrected chi connectivity index (χ3v) is 4.46. The average Bonchev–Trinajstić information content (AvgIpc) is 2.83. The first-order valence-corrected chi connectivity index (χ1v) is 7.26. The SMILES string of the molecule is Cc1ncccc1C(N)Cc1csc2ccccc12. The predicted molar refractivity (Wildman–Crippen MR) is 81.4 cm³/mol. The van der Waals surface area contributed by atoms with Crippen LogP contribution in [-0.4, -0.2) is 4.98 Å². The zero-order valence-electron chi connectivity index (χ0n) is 10.8. The largest absolute Gasteiger partial charge is 0.324 e. The number of thiophene rings is 1. The van der Waals surface area contributed by atoms with Crippen molar-refractivity contribution in [3.8, 4) is 0 Å². The Kier molecular flexibility index (Phi) is 3.32. The summed E-state index contributed by atoms with van der Waals surface area (Å²) in [6.45, 7) is 2.01. The molecule has 0 saturated carbocycles. The molecule has 2 nitrogen and oxygen atoms in total. The summed E-state index contributed by atoms with van der Waals surface area (Å²) in [5.41, 5.74) is 9.83. The quantitative estimate of drug-likeness (QED) is 0.783. The molecule has 1 atom stereocenters. The number of nitrogens with two attached hydrogens (primary N) is 1. The van der Waals surface area contributed by atoms with E-state index in [9.17, 15) is 0 Å². The van der Waals surface area contributed by atoms with Gasteiger partial charge in [-0.25, -0.2) is 0 Å². The van der Waals surface area contributed by atoms with E-state index in [2.05, 4.69) is 40.7 Å². The summed E-state index contributed by atoms with van der Waals surface area (Å²) in [6.07, 6.45) is 2.67. The van der Waals surface area contributed by atoms with Gasteiger partial charge in [0, 0.05) is 22.6 Å². The molecule has 1 aromatic carbocycles. The molecule has 19 heavy (non-hydrogen) atoms. The average molecular weight is 268 g/mol. The van der Waals surface area contributed by atoms with Crippen LogP contribution in [0.3, 0.4) is 0 Å². The number of pyridine rings is 1. The van der Waals surface area contributed by atoms with Gasteiger partial charge in [-0.05, 0) is 47.4 Å². The molecule has 0 radical (unpaired) electrons. The van der Waals surface area contributed by atoms with E-state index in [4.69, 9.17) is 5.73 Å². The van der Waals surface area contributed by atoms with Crippen LogP contribution < -0.4 is 5.73 Å². The van der Waals surface area contributed by atoms with Gasteiger partial charge < -0.3 is 5.73 Å². The van der Waals surface area contributed by atoms with Crippen LogP contribution in [0.5, 0.6) is 0 Å². The number of aryl methyl sites for hydroxylation is 1. The molecule has 0 aliphatic carbocycles. The molecule has 0 amide bonds. The number of fused-ring (bicyclic) bond motifs is 1. The Labute approximate surface area is 116 Å². The number of hydrogen-bond acceptors (Lipinski definition) is 3. The second-order valence-electron chi connectivity index (χ2n) is 4.75. The highest BCUT2D eigenvalue weighted by atomic mass is 32.1. The smallest absolute Gasteiger partial charge is 0.0420 e. The number of nitrogens with zero attached hydrogens (tertiary/aromatic N) is 1. The second kappa shape index (κ2) is 5.11. The van der Waals surface area contributed by atoms with Gasteiger partial charge in [-0.3, -0.25) is 4.98 Å². The standard InChI is InChI=1S/C16H16N2S/c1-11-13(6-4-8-18-11)15(17)9-12-10-19-16-7-3-2-5-14(12)16/h2-8,10,15H,9,17H2,1H3. The fourth-order valence-corrected chi connectivity index (χ4v) is 3.40. The van der Waals surface area contributed by atoms with Gasteiger partial charge in [-0.2, -0.15) is 0 Å². The molecule has 0 bridgehead atoms. The Balaban J connectivity index is 1.91. The van der Waals surface area contributed by atoms with E-state index in [-0.39, 0.29) is 6.04 Å². The van der Waals surface area contributed by atoms with Crippen molar-refractivity contribution >= 4 is 21.4 Å². The van der Waals surface area contributed by atoms with Crippen molar-refractivity contribution in [2.24, 2.45) is 5.73 Å². The lowest BCUT2D eigenvalue weighted by atomic mass is 9.98. The van der Waals surface area contributed by atoms with Crippen molar-refractivity contribution in [2.75, 3.05) is 0 Å². The molecule has 3 heteroatoms. The highest BCUT2D eigenvalue weighted by Gasteiger charge is 2.12. The molecule has 0 spiro atoms. The molecule has 0 saturated heterocycles. The topological polar surface area (TPSA) is 38.9 Å². The lowest BCUT2D eigenvalue weighted by Crippen LogP contribution is -2.15. The molecular formula is C16H16N2S. The van der Waals surface area contributed by atoms with Crippen molar-refractivity contribution in [1.29, 1.82) is 0 Å². The van der Waals surface area contributed by atoms with Crippen molar-refractivity contribution < 1.29 is 0 Å². The Morgan fingerprint density at radius 1 is 1.21 bits per heavy atom. The Bertz CT molecular complexity index is 703. The fourth-order valence-electron chi connectivity index (χ4n) is 2.43. The van der Waals surface area contributed by atoms with E-state index in [1.165, 1.54) is 15.6 Å². The molecule has 96 valence electrons. The lowest BCUT2D eigenvalue weighted by Gasteiger charge is -2.13. The van der Waals surface area contributed by atoms with E-state index < -0.39 is 0 Å². The van der Waals surface area contributed by atoms with Gasteiger partial charge in [0.1, 0.15) is 0 Å². The normalized spacial score (nSPS) is 12.7. The highest BCUT2D eigenvalue weighted by molar-refractivity contribution is 7.17. The van der Waals surface area contributed by atoms with E-state index >= 15 is 0 Å². The van der Waals surface area contributed by atoms with E-state index in [1.807, 2.05) is 19.2 Å². The third-order valence-electron chi connectivity index (χ3n) is 3.45. The Hall–Kier alpha value is -1.71. The minimum atomic E-state index is 0.00621. The monoisotopic (exact) mass is 268 g/mol. The molecule has 0 aliphatic rings. The molecule has 0 aliphatic heterocycles. The van der Waals surface area contributed by atoms with E-state index in [1.54, 1.807) is 11.3 Å². The zero-order chi connectivity index (χ0) is 13.2. The summed E-state index contributed by atoms with van der Waals surface area (Å²) in [4.78, 5) is 4.31. The lowest BCUT2D eigenvalue weighted by molar-refractivity contribution is 0.715. The van der Waals surface area contributed by atoms with Gasteiger partial charge in [0.15, 0.2) is 0 Å². The van der Waals surface area contributed by atoms with Crippen LogP contribution in [-0.2, 0) is 6.42 Å². The number of rotatable bonds is 3. The summed E-state index contributed by atoms with van der Waals surface area (Å²) in [7, 11) is 0. The van der Waals surface area contributed by atoms with Crippen LogP contribution in [0.1, 0.15) is 22.9 Å². The summed E-state index contributed by atoms with van der Waals surface area (Å²) < 4.78 is 1.33. The van der Waals surface area contributed by atoms with E-state index in [0.717, 1.165) is 17.7 Å². The van der Waals surface area contributed by atoms with Crippen molar-refractivity contribution in [1.82, 2.24) is 4.98 Å². The third kappa shape index (κ3) is 2.39. The summed E-state index contributed by atoms with van der Waals surface area (Å²) in [5, 5.41) is 3.54. The summed E-state index contributed by atoms with van der Waals surface area (Å²) in [6, 6.07) is 12.5. The molecule has 3 rings (SSSR count). The van der Waals surface area contributed by atoms with Crippen molar-refractivity contribution in [3.63, 3.8) is 0 Å². The molecule has 2 N–H and O–H groups in total. The van der Waals surface area contributed by atoms with Crippen molar-refractivity contribution in [2.45, 2.75) is 19.4 Å². The molecule has 2 aromatic heterocycles. The van der Waals surface area contributed by atoms with Crippen LogP contribution in [0.2, 0.25) is 0 Å². The minimum absolute atomic E-state index is 0.00621. The van der Waals surface area contributed by atoms with Crippen LogP contribution >= 0.6 is 11.3 Å².